The summed E-state index contributed by atoms with van der Waals surface area (Å²) in [6.07, 6.45) is 2.17. The molecule has 1 aliphatic heterocycles. The van der Waals surface area contributed by atoms with E-state index in [9.17, 15) is 4.79 Å². The highest BCUT2D eigenvalue weighted by atomic mass is 32.2. The Morgan fingerprint density at radius 2 is 2.04 bits per heavy atom. The van der Waals surface area contributed by atoms with Gasteiger partial charge in [0.25, 0.3) is 0 Å². The Morgan fingerprint density at radius 1 is 1.32 bits per heavy atom. The van der Waals surface area contributed by atoms with Crippen LogP contribution in [0.15, 0.2) is 35.5 Å². The van der Waals surface area contributed by atoms with E-state index in [0.29, 0.717) is 12.5 Å². The molecule has 1 aromatic carbocycles. The molecule has 7 heteroatoms. The molecule has 0 bridgehead atoms. The first-order valence-corrected chi connectivity index (χ1v) is 9.61. The minimum atomic E-state index is -0.215. The van der Waals surface area contributed by atoms with Crippen LogP contribution in [0.3, 0.4) is 0 Å². The number of piperidine rings is 1. The van der Waals surface area contributed by atoms with E-state index in [0.717, 1.165) is 42.5 Å². The van der Waals surface area contributed by atoms with E-state index in [1.54, 1.807) is 0 Å². The Morgan fingerprint density at radius 3 is 2.76 bits per heavy atom. The van der Waals surface area contributed by atoms with Crippen LogP contribution in [0.1, 0.15) is 37.1 Å². The van der Waals surface area contributed by atoms with Crippen LogP contribution >= 0.6 is 11.8 Å². The Labute approximate surface area is 152 Å². The molecule has 0 spiro atoms. The Kier molecular flexibility index (Phi) is 6.09. The maximum atomic E-state index is 12.3. The summed E-state index contributed by atoms with van der Waals surface area (Å²) >= 11 is 1.46. The molecule has 1 aliphatic rings. The third-order valence-electron chi connectivity index (χ3n) is 4.53. The van der Waals surface area contributed by atoms with Gasteiger partial charge in [-0.3, -0.25) is 4.79 Å². The molecule has 1 fully saturated rings. The van der Waals surface area contributed by atoms with Gasteiger partial charge >= 0.3 is 0 Å². The third-order valence-corrected chi connectivity index (χ3v) is 5.67. The number of benzene rings is 1. The van der Waals surface area contributed by atoms with E-state index in [-0.39, 0.29) is 11.2 Å². The number of amides is 1. The summed E-state index contributed by atoms with van der Waals surface area (Å²) in [7, 11) is 1.99. The number of hydrogen-bond donors (Lipinski definition) is 2. The molecule has 0 radical (unpaired) electrons. The van der Waals surface area contributed by atoms with Crippen molar-refractivity contribution in [1.29, 1.82) is 0 Å². The molecule has 1 amide bonds. The van der Waals surface area contributed by atoms with Gasteiger partial charge in [0.05, 0.1) is 5.25 Å². The Hall–Kier alpha value is -1.86. The van der Waals surface area contributed by atoms with Crippen LogP contribution in [0.2, 0.25) is 0 Å². The van der Waals surface area contributed by atoms with Gasteiger partial charge in [-0.25, -0.2) is 0 Å². The van der Waals surface area contributed by atoms with Crippen LogP contribution in [0, 0.1) is 0 Å². The van der Waals surface area contributed by atoms with Gasteiger partial charge in [0.2, 0.25) is 5.91 Å². The Balaban J connectivity index is 1.56. The lowest BCUT2D eigenvalue weighted by Crippen LogP contribution is -2.30. The summed E-state index contributed by atoms with van der Waals surface area (Å²) in [5.41, 5.74) is 1.10. The number of hydrogen-bond acceptors (Lipinski definition) is 5. The molecular formula is C18H25N5OS. The number of aromatic nitrogens is 3. The molecule has 2 heterocycles. The lowest BCUT2D eigenvalue weighted by atomic mass is 9.97. The summed E-state index contributed by atoms with van der Waals surface area (Å²) in [6, 6.07) is 9.93. The molecule has 6 nitrogen and oxygen atoms in total. The van der Waals surface area contributed by atoms with Gasteiger partial charge in [-0.1, -0.05) is 42.1 Å². The fraction of sp³-hybridized carbons (Fsp3) is 0.500. The maximum absolute atomic E-state index is 12.3. The van der Waals surface area contributed by atoms with Gasteiger partial charge < -0.3 is 15.2 Å². The SMILES string of the molecule is C[C@@H](Sc1nnc(C2CCNCC2)n1C)C(=O)NCc1ccccc1. The molecule has 25 heavy (non-hydrogen) atoms. The van der Waals surface area contributed by atoms with E-state index in [1.165, 1.54) is 11.8 Å². The standard InChI is InChI=1S/C18H25N5OS/c1-13(17(24)20-12-14-6-4-3-5-7-14)25-18-22-21-16(23(18)2)15-8-10-19-11-9-15/h3-7,13,15,19H,8-12H2,1-2H3,(H,20,24)/t13-/m1/s1. The molecular weight excluding hydrogens is 334 g/mol. The highest BCUT2D eigenvalue weighted by Gasteiger charge is 2.23. The lowest BCUT2D eigenvalue weighted by Gasteiger charge is -2.21. The van der Waals surface area contributed by atoms with Crippen molar-refractivity contribution < 1.29 is 4.79 Å². The minimum Gasteiger partial charge on any atom is -0.351 e. The van der Waals surface area contributed by atoms with E-state index < -0.39 is 0 Å². The minimum absolute atomic E-state index is 0.0141. The van der Waals surface area contributed by atoms with E-state index in [2.05, 4.69) is 20.8 Å². The van der Waals surface area contributed by atoms with Crippen LogP contribution in [-0.4, -0.2) is 39.0 Å². The molecule has 0 aliphatic carbocycles. The Bertz CT molecular complexity index is 697. The first-order valence-electron chi connectivity index (χ1n) is 8.73. The summed E-state index contributed by atoms with van der Waals surface area (Å²) in [6.45, 7) is 4.50. The highest BCUT2D eigenvalue weighted by Crippen LogP contribution is 2.28. The largest absolute Gasteiger partial charge is 0.351 e. The fourth-order valence-electron chi connectivity index (χ4n) is 3.00. The molecule has 0 saturated carbocycles. The fourth-order valence-corrected chi connectivity index (χ4v) is 3.85. The van der Waals surface area contributed by atoms with Gasteiger partial charge in [0.1, 0.15) is 5.82 Å². The predicted molar refractivity (Wildman–Crippen MR) is 99.5 cm³/mol. The van der Waals surface area contributed by atoms with Crippen molar-refractivity contribution in [2.24, 2.45) is 7.05 Å². The first-order chi connectivity index (χ1) is 12.1. The van der Waals surface area contributed by atoms with Crippen LogP contribution in [0.25, 0.3) is 0 Å². The van der Waals surface area contributed by atoms with Crippen LogP contribution in [0.5, 0.6) is 0 Å². The molecule has 1 atom stereocenters. The molecule has 3 rings (SSSR count). The number of thioether (sulfide) groups is 1. The molecule has 134 valence electrons. The zero-order chi connectivity index (χ0) is 17.6. The lowest BCUT2D eigenvalue weighted by molar-refractivity contribution is -0.120. The second kappa shape index (κ2) is 8.49. The van der Waals surface area contributed by atoms with Gasteiger partial charge in [0.15, 0.2) is 5.16 Å². The number of rotatable bonds is 6. The van der Waals surface area contributed by atoms with Crippen molar-refractivity contribution in [3.63, 3.8) is 0 Å². The quantitative estimate of drug-likeness (QED) is 0.773. The van der Waals surface area contributed by atoms with Crippen molar-refractivity contribution in [2.45, 2.75) is 42.6 Å². The zero-order valence-electron chi connectivity index (χ0n) is 14.7. The highest BCUT2D eigenvalue weighted by molar-refractivity contribution is 8.00. The number of nitrogens with zero attached hydrogens (tertiary/aromatic N) is 3. The van der Waals surface area contributed by atoms with Gasteiger partial charge in [-0.05, 0) is 38.4 Å². The molecule has 2 N–H and O–H groups in total. The van der Waals surface area contributed by atoms with Crippen LogP contribution < -0.4 is 10.6 Å². The van der Waals surface area contributed by atoms with Gasteiger partial charge in [0, 0.05) is 19.5 Å². The molecule has 0 unspecified atom stereocenters. The maximum Gasteiger partial charge on any atom is 0.233 e. The second-order valence-corrected chi connectivity index (χ2v) is 7.70. The van der Waals surface area contributed by atoms with Crippen molar-refractivity contribution in [2.75, 3.05) is 13.1 Å². The van der Waals surface area contributed by atoms with Crippen molar-refractivity contribution in [3.8, 4) is 0 Å². The van der Waals surface area contributed by atoms with Crippen molar-refractivity contribution in [3.05, 3.63) is 41.7 Å². The van der Waals surface area contributed by atoms with E-state index in [4.69, 9.17) is 0 Å². The predicted octanol–water partition coefficient (Wildman–Crippen LogP) is 2.08. The number of carbonyl (C=O) groups excluding carboxylic acids is 1. The summed E-state index contributed by atoms with van der Waals surface area (Å²) in [5, 5.41) is 15.6. The molecule has 2 aromatic rings. The smallest absolute Gasteiger partial charge is 0.233 e. The second-order valence-electron chi connectivity index (χ2n) is 6.39. The van der Waals surface area contributed by atoms with Crippen molar-refractivity contribution in [1.82, 2.24) is 25.4 Å². The zero-order valence-corrected chi connectivity index (χ0v) is 15.6. The summed E-state index contributed by atoms with van der Waals surface area (Å²) < 4.78 is 2.04. The van der Waals surface area contributed by atoms with Gasteiger partial charge in [-0.2, -0.15) is 0 Å². The van der Waals surface area contributed by atoms with Crippen LogP contribution in [0.4, 0.5) is 0 Å². The van der Waals surface area contributed by atoms with Gasteiger partial charge in [-0.15, -0.1) is 10.2 Å². The molecule has 1 saturated heterocycles. The topological polar surface area (TPSA) is 71.8 Å². The van der Waals surface area contributed by atoms with E-state index >= 15 is 0 Å². The monoisotopic (exact) mass is 359 g/mol. The summed E-state index contributed by atoms with van der Waals surface area (Å²) in [4.78, 5) is 12.3. The number of nitrogens with one attached hydrogen (secondary N) is 2. The summed E-state index contributed by atoms with van der Waals surface area (Å²) in [5.74, 6) is 1.50. The number of carbonyl (C=O) groups is 1. The van der Waals surface area contributed by atoms with Crippen LogP contribution in [-0.2, 0) is 18.4 Å². The van der Waals surface area contributed by atoms with E-state index in [1.807, 2.05) is 48.9 Å². The average molecular weight is 359 g/mol. The normalized spacial score (nSPS) is 16.6. The molecule has 1 aromatic heterocycles. The van der Waals surface area contributed by atoms with Crippen molar-refractivity contribution >= 4 is 17.7 Å². The average Bonchev–Trinajstić information content (AvgIpc) is 3.01. The third kappa shape index (κ3) is 4.61. The first kappa shape index (κ1) is 17.9.